The quantitative estimate of drug-likeness (QED) is 0.896. The number of amides is 1. The fourth-order valence-corrected chi connectivity index (χ4v) is 2.23. The van der Waals surface area contributed by atoms with Gasteiger partial charge in [-0.3, -0.25) is 9.48 Å². The number of carbonyl (C=O) groups is 1. The van der Waals surface area contributed by atoms with Gasteiger partial charge in [-0.25, -0.2) is 4.39 Å². The lowest BCUT2D eigenvalue weighted by atomic mass is 10.1. The van der Waals surface area contributed by atoms with Gasteiger partial charge in [0.05, 0.1) is 17.4 Å². The van der Waals surface area contributed by atoms with Gasteiger partial charge in [0.25, 0.3) is 5.91 Å². The van der Waals surface area contributed by atoms with Crippen LogP contribution in [0.25, 0.3) is 0 Å². The topological polar surface area (TPSA) is 72.9 Å². The van der Waals surface area contributed by atoms with Crippen molar-refractivity contribution in [1.29, 1.82) is 0 Å². The van der Waals surface area contributed by atoms with Gasteiger partial charge in [0.2, 0.25) is 0 Å². The summed E-state index contributed by atoms with van der Waals surface area (Å²) in [5.74, 6) is -0.781. The molecule has 1 aromatic carbocycles. The largest absolute Gasteiger partial charge is 0.327 e. The standard InChI is InChI=1S/C14H15FN4O.2ClH/c1-19-7-9(6-17-19)18-14(20)11-4-8(2-3-12(11)15)10-5-13(10)16;;/h2-4,6-7,10,13H,5,16H2,1H3,(H,18,20);2*1H. The highest BCUT2D eigenvalue weighted by molar-refractivity contribution is 6.04. The summed E-state index contributed by atoms with van der Waals surface area (Å²) in [6.07, 6.45) is 4.04. The molecule has 22 heavy (non-hydrogen) atoms. The molecule has 2 aromatic rings. The van der Waals surface area contributed by atoms with Crippen LogP contribution >= 0.6 is 24.8 Å². The predicted octanol–water partition coefficient (Wildman–Crippen LogP) is 2.47. The van der Waals surface area contributed by atoms with E-state index >= 15 is 0 Å². The number of nitrogens with zero attached hydrogens (tertiary/aromatic N) is 2. The van der Waals surface area contributed by atoms with Crippen LogP contribution in [-0.4, -0.2) is 21.7 Å². The molecule has 1 aliphatic carbocycles. The highest BCUT2D eigenvalue weighted by Gasteiger charge is 2.35. The minimum absolute atomic E-state index is 0. The first kappa shape index (κ1) is 18.4. The Hall–Kier alpha value is -1.63. The molecule has 1 saturated carbocycles. The monoisotopic (exact) mass is 346 g/mol. The van der Waals surface area contributed by atoms with Crippen LogP contribution in [0.2, 0.25) is 0 Å². The van der Waals surface area contributed by atoms with Gasteiger partial charge < -0.3 is 11.1 Å². The van der Waals surface area contributed by atoms with E-state index in [1.165, 1.54) is 12.3 Å². The molecule has 1 heterocycles. The van der Waals surface area contributed by atoms with Crippen molar-refractivity contribution in [1.82, 2.24) is 9.78 Å². The zero-order valence-electron chi connectivity index (χ0n) is 11.8. The number of nitrogens with two attached hydrogens (primary N) is 1. The SMILES string of the molecule is Cl.Cl.Cn1cc(NC(=O)c2cc(C3CC3N)ccc2F)cn1. The lowest BCUT2D eigenvalue weighted by Crippen LogP contribution is -2.14. The molecule has 5 nitrogen and oxygen atoms in total. The second-order valence-corrected chi connectivity index (χ2v) is 5.10. The Morgan fingerprint density at radius 3 is 2.68 bits per heavy atom. The summed E-state index contributed by atoms with van der Waals surface area (Å²) in [5, 5.41) is 6.57. The maximum absolute atomic E-state index is 13.8. The van der Waals surface area contributed by atoms with Crippen LogP contribution in [0, 0.1) is 5.82 Å². The van der Waals surface area contributed by atoms with Gasteiger partial charge in [-0.05, 0) is 24.1 Å². The average Bonchev–Trinajstić information content (AvgIpc) is 2.99. The highest BCUT2D eigenvalue weighted by atomic mass is 35.5. The number of benzene rings is 1. The average molecular weight is 347 g/mol. The van der Waals surface area contributed by atoms with Crippen molar-refractivity contribution < 1.29 is 9.18 Å². The van der Waals surface area contributed by atoms with E-state index in [9.17, 15) is 9.18 Å². The summed E-state index contributed by atoms with van der Waals surface area (Å²) >= 11 is 0. The molecule has 0 spiro atoms. The van der Waals surface area contributed by atoms with Crippen LogP contribution in [0.4, 0.5) is 10.1 Å². The Morgan fingerprint density at radius 1 is 1.45 bits per heavy atom. The van der Waals surface area contributed by atoms with Gasteiger partial charge >= 0.3 is 0 Å². The first-order valence-electron chi connectivity index (χ1n) is 6.39. The van der Waals surface area contributed by atoms with Crippen LogP contribution in [0.3, 0.4) is 0 Å². The molecular formula is C14H17Cl2FN4O. The van der Waals surface area contributed by atoms with Crippen LogP contribution in [-0.2, 0) is 7.05 Å². The van der Waals surface area contributed by atoms with Gasteiger partial charge in [0.15, 0.2) is 0 Å². The number of aromatic nitrogens is 2. The number of rotatable bonds is 3. The van der Waals surface area contributed by atoms with Crippen molar-refractivity contribution in [3.05, 3.63) is 47.5 Å². The minimum Gasteiger partial charge on any atom is -0.327 e. The molecule has 3 N–H and O–H groups in total. The van der Waals surface area contributed by atoms with Crippen molar-refractivity contribution in [2.24, 2.45) is 12.8 Å². The molecule has 0 radical (unpaired) electrons. The maximum Gasteiger partial charge on any atom is 0.258 e. The molecule has 0 aliphatic heterocycles. The molecule has 2 unspecified atom stereocenters. The van der Waals surface area contributed by atoms with E-state index in [-0.39, 0.29) is 42.3 Å². The normalized spacial score (nSPS) is 18.9. The van der Waals surface area contributed by atoms with Crippen LogP contribution in [0.1, 0.15) is 28.3 Å². The van der Waals surface area contributed by atoms with Crippen LogP contribution < -0.4 is 11.1 Å². The minimum atomic E-state index is -0.538. The third-order valence-corrected chi connectivity index (χ3v) is 3.47. The van der Waals surface area contributed by atoms with E-state index in [0.717, 1.165) is 12.0 Å². The maximum atomic E-state index is 13.8. The summed E-state index contributed by atoms with van der Waals surface area (Å²) in [6, 6.07) is 4.71. The first-order chi connectivity index (χ1) is 9.54. The van der Waals surface area contributed by atoms with Crippen molar-refractivity contribution in [3.8, 4) is 0 Å². The Kier molecular flexibility index (Phi) is 5.93. The number of anilines is 1. The Morgan fingerprint density at radius 2 is 2.14 bits per heavy atom. The predicted molar refractivity (Wildman–Crippen MR) is 87.4 cm³/mol. The smallest absolute Gasteiger partial charge is 0.258 e. The molecule has 0 bridgehead atoms. The van der Waals surface area contributed by atoms with E-state index in [2.05, 4.69) is 10.4 Å². The van der Waals surface area contributed by atoms with E-state index in [1.807, 2.05) is 0 Å². The molecule has 1 aromatic heterocycles. The molecule has 8 heteroatoms. The Labute approximate surface area is 139 Å². The number of carbonyl (C=O) groups excluding carboxylic acids is 1. The number of hydrogen-bond donors (Lipinski definition) is 2. The zero-order chi connectivity index (χ0) is 14.3. The summed E-state index contributed by atoms with van der Waals surface area (Å²) in [5.41, 5.74) is 7.26. The second-order valence-electron chi connectivity index (χ2n) is 5.10. The Balaban J connectivity index is 0.00000121. The van der Waals surface area contributed by atoms with Crippen LogP contribution in [0.15, 0.2) is 30.6 Å². The zero-order valence-corrected chi connectivity index (χ0v) is 13.5. The third-order valence-electron chi connectivity index (χ3n) is 3.47. The summed E-state index contributed by atoms with van der Waals surface area (Å²) in [4.78, 5) is 12.1. The lowest BCUT2D eigenvalue weighted by molar-refractivity contribution is 0.102. The molecule has 1 aliphatic rings. The van der Waals surface area contributed by atoms with Gasteiger partial charge in [-0.1, -0.05) is 6.07 Å². The second kappa shape index (κ2) is 7.09. The van der Waals surface area contributed by atoms with Crippen LogP contribution in [0.5, 0.6) is 0 Å². The summed E-state index contributed by atoms with van der Waals surface area (Å²) in [6.45, 7) is 0. The number of hydrogen-bond acceptors (Lipinski definition) is 3. The fraction of sp³-hybridized carbons (Fsp3) is 0.286. The van der Waals surface area contributed by atoms with E-state index < -0.39 is 11.7 Å². The highest BCUT2D eigenvalue weighted by Crippen LogP contribution is 2.39. The van der Waals surface area contributed by atoms with Crippen molar-refractivity contribution in [2.75, 3.05) is 5.32 Å². The number of halogens is 3. The number of aryl methyl sites for hydroxylation is 1. The molecule has 1 amide bonds. The number of nitrogens with one attached hydrogen (secondary N) is 1. The fourth-order valence-electron chi connectivity index (χ4n) is 2.23. The van der Waals surface area contributed by atoms with E-state index in [0.29, 0.717) is 5.69 Å². The molecular weight excluding hydrogens is 330 g/mol. The van der Waals surface area contributed by atoms with Gasteiger partial charge in [-0.15, -0.1) is 24.8 Å². The molecule has 120 valence electrons. The first-order valence-corrected chi connectivity index (χ1v) is 6.39. The van der Waals surface area contributed by atoms with E-state index in [1.54, 1.807) is 30.1 Å². The Bertz CT molecular complexity index is 677. The molecule has 2 atom stereocenters. The van der Waals surface area contributed by atoms with Crippen molar-refractivity contribution in [2.45, 2.75) is 18.4 Å². The lowest BCUT2D eigenvalue weighted by Gasteiger charge is -2.06. The molecule has 0 saturated heterocycles. The van der Waals surface area contributed by atoms with Gasteiger partial charge in [0.1, 0.15) is 5.82 Å². The summed E-state index contributed by atoms with van der Waals surface area (Å²) in [7, 11) is 1.74. The van der Waals surface area contributed by atoms with E-state index in [4.69, 9.17) is 5.73 Å². The van der Waals surface area contributed by atoms with Crippen molar-refractivity contribution in [3.63, 3.8) is 0 Å². The van der Waals surface area contributed by atoms with Gasteiger partial charge in [0, 0.05) is 25.2 Å². The van der Waals surface area contributed by atoms with Crippen molar-refractivity contribution >= 4 is 36.4 Å². The molecule has 1 fully saturated rings. The third kappa shape index (κ3) is 3.76. The summed E-state index contributed by atoms with van der Waals surface area (Å²) < 4.78 is 15.4. The molecule has 3 rings (SSSR count). The van der Waals surface area contributed by atoms with Gasteiger partial charge in [-0.2, -0.15) is 5.10 Å².